The van der Waals surface area contributed by atoms with Crippen LogP contribution in [-0.4, -0.2) is 11.5 Å². The molecule has 0 amide bonds. The molecule has 1 aromatic heterocycles. The third kappa shape index (κ3) is 1.85. The van der Waals surface area contributed by atoms with Crippen LogP contribution in [0.15, 0.2) is 24.4 Å². The number of ether oxygens (including phenoxy) is 1. The number of hydrogen-bond acceptors (Lipinski definition) is 2. The SMILES string of the molecule is Cc1ccc2c(C(C)(Br)OC=O)c[nH]c2c1. The number of aromatic nitrogens is 1. The molecule has 16 heavy (non-hydrogen) atoms. The van der Waals surface area contributed by atoms with Crippen molar-refractivity contribution in [2.24, 2.45) is 0 Å². The number of halogens is 1. The van der Waals surface area contributed by atoms with Crippen molar-refractivity contribution >= 4 is 33.3 Å². The van der Waals surface area contributed by atoms with E-state index in [1.807, 2.05) is 25.3 Å². The van der Waals surface area contributed by atoms with E-state index in [1.54, 1.807) is 6.92 Å². The molecule has 0 fully saturated rings. The van der Waals surface area contributed by atoms with E-state index >= 15 is 0 Å². The van der Waals surface area contributed by atoms with Gasteiger partial charge in [-0.15, -0.1) is 0 Å². The molecule has 4 heteroatoms. The number of carbonyl (C=O) groups is 1. The molecular formula is C12H12BrNO2. The first-order valence-corrected chi connectivity index (χ1v) is 5.72. The van der Waals surface area contributed by atoms with E-state index < -0.39 is 4.51 Å². The van der Waals surface area contributed by atoms with E-state index in [0.29, 0.717) is 6.47 Å². The van der Waals surface area contributed by atoms with Gasteiger partial charge >= 0.3 is 0 Å². The standard InChI is InChI=1S/C12H12BrNO2/c1-8-3-4-9-10(6-14-11(9)5-8)12(2,13)16-7-15/h3-7,14H,1-2H3. The molecular weight excluding hydrogens is 270 g/mol. The van der Waals surface area contributed by atoms with E-state index in [4.69, 9.17) is 4.74 Å². The maximum atomic E-state index is 10.4. The van der Waals surface area contributed by atoms with E-state index in [0.717, 1.165) is 16.5 Å². The second kappa shape index (κ2) is 3.94. The van der Waals surface area contributed by atoms with Crippen LogP contribution in [0.3, 0.4) is 0 Å². The first-order chi connectivity index (χ1) is 7.54. The fourth-order valence-electron chi connectivity index (χ4n) is 1.76. The van der Waals surface area contributed by atoms with Gasteiger partial charge in [0.05, 0.1) is 0 Å². The molecule has 84 valence electrons. The second-order valence-electron chi connectivity index (χ2n) is 3.88. The summed E-state index contributed by atoms with van der Waals surface area (Å²) in [6.45, 7) is 4.28. The number of H-pyrrole nitrogens is 1. The highest BCUT2D eigenvalue weighted by Crippen LogP contribution is 2.36. The molecule has 0 saturated carbocycles. The van der Waals surface area contributed by atoms with Crippen LogP contribution in [0.5, 0.6) is 0 Å². The van der Waals surface area contributed by atoms with Crippen LogP contribution in [0, 0.1) is 6.92 Å². The summed E-state index contributed by atoms with van der Waals surface area (Å²) in [4.78, 5) is 13.6. The van der Waals surface area contributed by atoms with E-state index in [1.165, 1.54) is 5.56 Å². The smallest absolute Gasteiger partial charge is 0.294 e. The van der Waals surface area contributed by atoms with Crippen LogP contribution in [0.1, 0.15) is 18.1 Å². The number of fused-ring (bicyclic) bond motifs is 1. The average molecular weight is 282 g/mol. The topological polar surface area (TPSA) is 42.1 Å². The Kier molecular flexibility index (Phi) is 2.76. The Hall–Kier alpha value is -1.29. The summed E-state index contributed by atoms with van der Waals surface area (Å²) in [6.07, 6.45) is 1.85. The Morgan fingerprint density at radius 3 is 2.94 bits per heavy atom. The van der Waals surface area contributed by atoms with Gasteiger partial charge in [-0.1, -0.05) is 12.1 Å². The van der Waals surface area contributed by atoms with Gasteiger partial charge in [-0.05, 0) is 41.4 Å². The summed E-state index contributed by atoms with van der Waals surface area (Å²) < 4.78 is 4.24. The number of aryl methyl sites for hydroxylation is 1. The average Bonchev–Trinajstić information content (AvgIpc) is 2.60. The molecule has 1 heterocycles. The number of carbonyl (C=O) groups excluding carboxylic acids is 1. The molecule has 0 saturated heterocycles. The molecule has 2 rings (SSSR count). The Morgan fingerprint density at radius 1 is 1.50 bits per heavy atom. The zero-order chi connectivity index (χ0) is 11.8. The summed E-state index contributed by atoms with van der Waals surface area (Å²) in [5, 5.41) is 1.05. The predicted molar refractivity (Wildman–Crippen MR) is 66.5 cm³/mol. The Labute approximate surface area is 102 Å². The van der Waals surface area contributed by atoms with E-state index in [2.05, 4.69) is 27.0 Å². The van der Waals surface area contributed by atoms with Crippen LogP contribution in [0.4, 0.5) is 0 Å². The minimum absolute atomic E-state index is 0.446. The van der Waals surface area contributed by atoms with Crippen molar-refractivity contribution in [2.45, 2.75) is 18.4 Å². The molecule has 2 aromatic rings. The summed E-state index contributed by atoms with van der Waals surface area (Å²) in [5.74, 6) is 0. The number of alkyl halides is 1. The van der Waals surface area contributed by atoms with Gasteiger partial charge in [0.1, 0.15) is 0 Å². The van der Waals surface area contributed by atoms with E-state index in [-0.39, 0.29) is 0 Å². The maximum Gasteiger partial charge on any atom is 0.294 e. The number of benzene rings is 1. The zero-order valence-corrected chi connectivity index (χ0v) is 10.7. The fraction of sp³-hybridized carbons (Fsp3) is 0.250. The molecule has 3 nitrogen and oxygen atoms in total. The lowest BCUT2D eigenvalue weighted by atomic mass is 10.1. The van der Waals surface area contributed by atoms with Crippen LogP contribution >= 0.6 is 15.9 Å². The van der Waals surface area contributed by atoms with Crippen molar-refractivity contribution in [1.29, 1.82) is 0 Å². The monoisotopic (exact) mass is 281 g/mol. The van der Waals surface area contributed by atoms with Crippen molar-refractivity contribution in [1.82, 2.24) is 4.98 Å². The Balaban J connectivity index is 2.57. The molecule has 0 bridgehead atoms. The highest BCUT2D eigenvalue weighted by atomic mass is 79.9. The van der Waals surface area contributed by atoms with Crippen LogP contribution < -0.4 is 0 Å². The number of nitrogens with one attached hydrogen (secondary N) is 1. The molecule has 1 unspecified atom stereocenters. The Bertz CT molecular complexity index is 531. The van der Waals surface area contributed by atoms with Gasteiger partial charge in [0.2, 0.25) is 0 Å². The molecule has 0 radical (unpaired) electrons. The molecule has 0 aliphatic heterocycles. The normalized spacial score (nSPS) is 14.7. The highest BCUT2D eigenvalue weighted by molar-refractivity contribution is 9.09. The quantitative estimate of drug-likeness (QED) is 0.693. The van der Waals surface area contributed by atoms with Crippen molar-refractivity contribution in [3.63, 3.8) is 0 Å². The van der Waals surface area contributed by atoms with Gasteiger partial charge in [0, 0.05) is 22.7 Å². The van der Waals surface area contributed by atoms with Crippen molar-refractivity contribution < 1.29 is 9.53 Å². The largest absolute Gasteiger partial charge is 0.445 e. The predicted octanol–water partition coefficient (Wildman–Crippen LogP) is 3.22. The van der Waals surface area contributed by atoms with Gasteiger partial charge in [-0.25, -0.2) is 0 Å². The molecule has 0 aliphatic carbocycles. The van der Waals surface area contributed by atoms with Crippen molar-refractivity contribution in [3.05, 3.63) is 35.5 Å². The Morgan fingerprint density at radius 2 is 2.25 bits per heavy atom. The summed E-state index contributed by atoms with van der Waals surface area (Å²) in [5.41, 5.74) is 3.14. The lowest BCUT2D eigenvalue weighted by Gasteiger charge is -2.19. The molecule has 1 N–H and O–H groups in total. The van der Waals surface area contributed by atoms with Gasteiger partial charge in [-0.3, -0.25) is 4.79 Å². The highest BCUT2D eigenvalue weighted by Gasteiger charge is 2.27. The minimum Gasteiger partial charge on any atom is -0.445 e. The van der Waals surface area contributed by atoms with Gasteiger partial charge < -0.3 is 9.72 Å². The maximum absolute atomic E-state index is 10.4. The summed E-state index contributed by atoms with van der Waals surface area (Å²) >= 11 is 3.40. The van der Waals surface area contributed by atoms with Gasteiger partial charge in [0.15, 0.2) is 4.51 Å². The van der Waals surface area contributed by atoms with Crippen LogP contribution in [-0.2, 0) is 14.0 Å². The van der Waals surface area contributed by atoms with Crippen LogP contribution in [0.2, 0.25) is 0 Å². The van der Waals surface area contributed by atoms with Gasteiger partial charge in [0.25, 0.3) is 6.47 Å². The van der Waals surface area contributed by atoms with Crippen LogP contribution in [0.25, 0.3) is 10.9 Å². The molecule has 1 aromatic carbocycles. The summed E-state index contributed by atoms with van der Waals surface area (Å²) in [6, 6.07) is 6.11. The number of hydrogen-bond donors (Lipinski definition) is 1. The molecule has 1 atom stereocenters. The first kappa shape index (κ1) is 11.2. The fourth-order valence-corrected chi connectivity index (χ4v) is 2.17. The third-order valence-electron chi connectivity index (χ3n) is 2.59. The summed E-state index contributed by atoms with van der Waals surface area (Å²) in [7, 11) is 0. The lowest BCUT2D eigenvalue weighted by molar-refractivity contribution is -0.134. The van der Waals surface area contributed by atoms with E-state index in [9.17, 15) is 4.79 Å². The second-order valence-corrected chi connectivity index (χ2v) is 5.40. The van der Waals surface area contributed by atoms with Crippen molar-refractivity contribution in [3.8, 4) is 0 Å². The molecule has 0 aliphatic rings. The third-order valence-corrected chi connectivity index (χ3v) is 3.20. The lowest BCUT2D eigenvalue weighted by Crippen LogP contribution is -2.16. The molecule has 0 spiro atoms. The van der Waals surface area contributed by atoms with Crippen molar-refractivity contribution in [2.75, 3.05) is 0 Å². The first-order valence-electron chi connectivity index (χ1n) is 4.93. The minimum atomic E-state index is -0.789. The number of aromatic amines is 1. The zero-order valence-electron chi connectivity index (χ0n) is 9.08. The number of rotatable bonds is 3. The van der Waals surface area contributed by atoms with Gasteiger partial charge in [-0.2, -0.15) is 0 Å².